The van der Waals surface area contributed by atoms with E-state index in [2.05, 4.69) is 17.6 Å². The number of hydrogen-bond donors (Lipinski definition) is 3. The van der Waals surface area contributed by atoms with Gasteiger partial charge in [0.05, 0.1) is 0 Å². The van der Waals surface area contributed by atoms with Gasteiger partial charge in [-0.1, -0.05) is 6.92 Å². The minimum atomic E-state index is 0.300. The van der Waals surface area contributed by atoms with Gasteiger partial charge in [-0.2, -0.15) is 0 Å². The Hall–Kier alpha value is -0.120. The van der Waals surface area contributed by atoms with Crippen LogP contribution < -0.4 is 10.6 Å². The van der Waals surface area contributed by atoms with Gasteiger partial charge in [-0.25, -0.2) is 0 Å². The van der Waals surface area contributed by atoms with E-state index in [9.17, 15) is 0 Å². The van der Waals surface area contributed by atoms with Crippen LogP contribution in [0.5, 0.6) is 0 Å². The Labute approximate surface area is 80.9 Å². The second kappa shape index (κ2) is 6.35. The monoisotopic (exact) mass is 186 g/mol. The molecule has 1 saturated heterocycles. The molecule has 0 aliphatic carbocycles. The van der Waals surface area contributed by atoms with Gasteiger partial charge < -0.3 is 15.7 Å². The largest absolute Gasteiger partial charge is 0.396 e. The van der Waals surface area contributed by atoms with Crippen LogP contribution in [0.25, 0.3) is 0 Å². The van der Waals surface area contributed by atoms with Crippen molar-refractivity contribution in [2.75, 3.05) is 26.2 Å². The van der Waals surface area contributed by atoms with E-state index < -0.39 is 0 Å². The number of piperidine rings is 1. The van der Waals surface area contributed by atoms with Crippen molar-refractivity contribution in [1.29, 1.82) is 0 Å². The first-order chi connectivity index (χ1) is 6.38. The normalized spacial score (nSPS) is 25.8. The lowest BCUT2D eigenvalue weighted by Crippen LogP contribution is -2.44. The molecule has 0 amide bonds. The summed E-state index contributed by atoms with van der Waals surface area (Å²) < 4.78 is 0. The van der Waals surface area contributed by atoms with E-state index in [0.29, 0.717) is 18.6 Å². The summed E-state index contributed by atoms with van der Waals surface area (Å²) in [5.41, 5.74) is 0. The molecule has 3 heteroatoms. The van der Waals surface area contributed by atoms with Gasteiger partial charge in [-0.15, -0.1) is 0 Å². The Morgan fingerprint density at radius 1 is 1.62 bits per heavy atom. The first-order valence-electron chi connectivity index (χ1n) is 5.43. The first-order valence-corrected chi connectivity index (χ1v) is 5.43. The number of rotatable bonds is 5. The summed E-state index contributed by atoms with van der Waals surface area (Å²) in [4.78, 5) is 0. The molecule has 1 fully saturated rings. The zero-order valence-corrected chi connectivity index (χ0v) is 8.55. The highest BCUT2D eigenvalue weighted by Gasteiger charge is 2.21. The summed E-state index contributed by atoms with van der Waals surface area (Å²) in [6.07, 6.45) is 3.46. The van der Waals surface area contributed by atoms with Crippen LogP contribution in [-0.2, 0) is 0 Å². The summed E-state index contributed by atoms with van der Waals surface area (Å²) in [6, 6.07) is 0.503. The summed E-state index contributed by atoms with van der Waals surface area (Å²) in [7, 11) is 0. The third kappa shape index (κ3) is 3.63. The molecule has 1 rings (SSSR count). The molecule has 1 heterocycles. The Morgan fingerprint density at radius 3 is 3.00 bits per heavy atom. The van der Waals surface area contributed by atoms with Crippen molar-refractivity contribution in [2.24, 2.45) is 5.92 Å². The number of nitrogens with one attached hydrogen (secondary N) is 2. The van der Waals surface area contributed by atoms with E-state index >= 15 is 0 Å². The fourth-order valence-electron chi connectivity index (χ4n) is 2.13. The second-order valence-electron chi connectivity index (χ2n) is 3.78. The van der Waals surface area contributed by atoms with Crippen LogP contribution in [0.4, 0.5) is 0 Å². The second-order valence-corrected chi connectivity index (χ2v) is 3.78. The SMILES string of the molecule is CCN[C@H](CCO)[C@H]1CCCNC1. The average Bonchev–Trinajstić information content (AvgIpc) is 2.19. The van der Waals surface area contributed by atoms with Crippen molar-refractivity contribution in [1.82, 2.24) is 10.6 Å². The van der Waals surface area contributed by atoms with Gasteiger partial charge in [-0.05, 0) is 44.8 Å². The van der Waals surface area contributed by atoms with Crippen LogP contribution in [0.1, 0.15) is 26.2 Å². The minimum absolute atomic E-state index is 0.300. The van der Waals surface area contributed by atoms with Gasteiger partial charge in [0, 0.05) is 12.6 Å². The predicted molar refractivity (Wildman–Crippen MR) is 54.8 cm³/mol. The summed E-state index contributed by atoms with van der Waals surface area (Å²) in [5.74, 6) is 0.709. The van der Waals surface area contributed by atoms with Gasteiger partial charge >= 0.3 is 0 Å². The minimum Gasteiger partial charge on any atom is -0.396 e. The third-order valence-corrected chi connectivity index (χ3v) is 2.81. The highest BCUT2D eigenvalue weighted by atomic mass is 16.3. The Kier molecular flexibility index (Phi) is 5.35. The fourth-order valence-corrected chi connectivity index (χ4v) is 2.13. The molecule has 2 atom stereocenters. The molecule has 13 heavy (non-hydrogen) atoms. The molecule has 0 saturated carbocycles. The maximum absolute atomic E-state index is 8.93. The van der Waals surface area contributed by atoms with Gasteiger partial charge in [-0.3, -0.25) is 0 Å². The maximum atomic E-state index is 8.93. The van der Waals surface area contributed by atoms with Gasteiger partial charge in [0.2, 0.25) is 0 Å². The van der Waals surface area contributed by atoms with Gasteiger partial charge in [0.1, 0.15) is 0 Å². The number of aliphatic hydroxyl groups excluding tert-OH is 1. The highest BCUT2D eigenvalue weighted by molar-refractivity contribution is 4.80. The molecule has 0 aromatic rings. The molecule has 3 nitrogen and oxygen atoms in total. The molecule has 0 bridgehead atoms. The summed E-state index contributed by atoms with van der Waals surface area (Å²) in [6.45, 7) is 5.70. The molecule has 0 aromatic carbocycles. The van der Waals surface area contributed by atoms with Crippen LogP contribution in [0.2, 0.25) is 0 Å². The fraction of sp³-hybridized carbons (Fsp3) is 1.00. The quantitative estimate of drug-likeness (QED) is 0.580. The van der Waals surface area contributed by atoms with Gasteiger partial charge in [0.15, 0.2) is 0 Å². The Balaban J connectivity index is 2.32. The van der Waals surface area contributed by atoms with Crippen LogP contribution in [0, 0.1) is 5.92 Å². The molecular formula is C10H22N2O. The van der Waals surface area contributed by atoms with Crippen molar-refractivity contribution in [3.63, 3.8) is 0 Å². The van der Waals surface area contributed by atoms with Crippen LogP contribution in [-0.4, -0.2) is 37.4 Å². The van der Waals surface area contributed by atoms with Crippen LogP contribution >= 0.6 is 0 Å². The van der Waals surface area contributed by atoms with E-state index in [1.165, 1.54) is 12.8 Å². The standard InChI is InChI=1S/C10H22N2O/c1-2-12-10(5-7-13)9-4-3-6-11-8-9/h9-13H,2-8H2,1H3/t9-,10+/m0/s1. The molecule has 0 spiro atoms. The molecule has 3 N–H and O–H groups in total. The lowest BCUT2D eigenvalue weighted by molar-refractivity contribution is 0.216. The van der Waals surface area contributed by atoms with E-state index in [1.807, 2.05) is 0 Å². The predicted octanol–water partition coefficient (Wildman–Crippen LogP) is 0.346. The molecule has 0 radical (unpaired) electrons. The van der Waals surface area contributed by atoms with E-state index in [0.717, 1.165) is 26.1 Å². The van der Waals surface area contributed by atoms with Gasteiger partial charge in [0.25, 0.3) is 0 Å². The topological polar surface area (TPSA) is 44.3 Å². The first kappa shape index (κ1) is 11.0. The number of aliphatic hydroxyl groups is 1. The van der Waals surface area contributed by atoms with Crippen molar-refractivity contribution < 1.29 is 5.11 Å². The Morgan fingerprint density at radius 2 is 2.46 bits per heavy atom. The molecule has 0 unspecified atom stereocenters. The molecule has 78 valence electrons. The zero-order valence-electron chi connectivity index (χ0n) is 8.55. The van der Waals surface area contributed by atoms with E-state index in [-0.39, 0.29) is 0 Å². The molecule has 1 aliphatic rings. The molecule has 1 aliphatic heterocycles. The summed E-state index contributed by atoms with van der Waals surface area (Å²) in [5, 5.41) is 15.8. The summed E-state index contributed by atoms with van der Waals surface area (Å²) >= 11 is 0. The lowest BCUT2D eigenvalue weighted by Gasteiger charge is -2.31. The number of hydrogen-bond acceptors (Lipinski definition) is 3. The van der Waals surface area contributed by atoms with Crippen molar-refractivity contribution in [2.45, 2.75) is 32.2 Å². The van der Waals surface area contributed by atoms with Crippen molar-refractivity contribution in [3.8, 4) is 0 Å². The van der Waals surface area contributed by atoms with Crippen molar-refractivity contribution in [3.05, 3.63) is 0 Å². The zero-order chi connectivity index (χ0) is 9.52. The average molecular weight is 186 g/mol. The van der Waals surface area contributed by atoms with E-state index in [4.69, 9.17) is 5.11 Å². The highest BCUT2D eigenvalue weighted by Crippen LogP contribution is 2.16. The maximum Gasteiger partial charge on any atom is 0.0445 e. The van der Waals surface area contributed by atoms with Crippen LogP contribution in [0.3, 0.4) is 0 Å². The smallest absolute Gasteiger partial charge is 0.0445 e. The Bertz CT molecular complexity index is 118. The third-order valence-electron chi connectivity index (χ3n) is 2.81. The van der Waals surface area contributed by atoms with Crippen molar-refractivity contribution >= 4 is 0 Å². The molecular weight excluding hydrogens is 164 g/mol. The van der Waals surface area contributed by atoms with E-state index in [1.54, 1.807) is 0 Å². The lowest BCUT2D eigenvalue weighted by atomic mass is 9.90. The van der Waals surface area contributed by atoms with Crippen LogP contribution in [0.15, 0.2) is 0 Å². The molecule has 0 aromatic heterocycles.